The van der Waals surface area contributed by atoms with E-state index in [0.717, 1.165) is 0 Å². The van der Waals surface area contributed by atoms with Gasteiger partial charge in [-0.05, 0) is 33.1 Å². The van der Waals surface area contributed by atoms with Gasteiger partial charge in [0.25, 0.3) is 0 Å². The molecule has 0 aliphatic carbocycles. The molecule has 0 aromatic rings. The Morgan fingerprint density at radius 2 is 1.25 bits per heavy atom. The fraction of sp³-hybridized carbons (Fsp3) is 0.698. The number of amides is 1. The molecule has 4 aliphatic rings. The third-order valence-electron chi connectivity index (χ3n) is 14.2. The van der Waals surface area contributed by atoms with Crippen molar-refractivity contribution >= 4 is 11.9 Å². The van der Waals surface area contributed by atoms with Crippen molar-refractivity contribution < 1.29 is 105 Å². The van der Waals surface area contributed by atoms with E-state index in [1.54, 1.807) is 92.8 Å². The van der Waals surface area contributed by atoms with E-state index in [9.17, 15) is 81.1 Å². The van der Waals surface area contributed by atoms with Gasteiger partial charge in [-0.25, -0.2) is 0 Å². The molecule has 2 bridgehead atoms. The van der Waals surface area contributed by atoms with Crippen LogP contribution in [-0.4, -0.2) is 218 Å². The normalized spacial score (nSPS) is 46.7. The van der Waals surface area contributed by atoms with Crippen molar-refractivity contribution in [1.29, 1.82) is 0 Å². The molecule has 0 saturated carbocycles. The molecule has 432 valence electrons. The number of cyclic esters (lactones) is 1. The summed E-state index contributed by atoms with van der Waals surface area (Å²) in [5.74, 6) is -6.76. The number of allylic oxidation sites excluding steroid dienone is 12. The lowest BCUT2D eigenvalue weighted by molar-refractivity contribution is -0.307. The molecule has 3 fully saturated rings. The number of fused-ring (bicyclic) bond motifs is 2. The van der Waals surface area contributed by atoms with E-state index < -0.39 is 191 Å². The van der Waals surface area contributed by atoms with Crippen LogP contribution in [0.4, 0.5) is 0 Å². The summed E-state index contributed by atoms with van der Waals surface area (Å²) in [6.45, 7) is 5.88. The Morgan fingerprint density at radius 1 is 0.658 bits per heavy atom. The molecule has 17 N–H and O–H groups in total. The third-order valence-corrected chi connectivity index (χ3v) is 14.2. The molecule has 4 rings (SSSR count). The predicted octanol–water partition coefficient (Wildman–Crippen LogP) is -2.46. The van der Waals surface area contributed by atoms with Gasteiger partial charge in [0.05, 0.1) is 92.1 Å². The van der Waals surface area contributed by atoms with Crippen LogP contribution in [-0.2, 0) is 33.3 Å². The number of ether oxygens (including phenoxy) is 5. The zero-order valence-electron chi connectivity index (χ0n) is 43.4. The number of hydrogen-bond donors (Lipinski definition) is 16. The Bertz CT molecular complexity index is 1990. The maximum Gasteiger partial charge on any atom is 0.308 e. The Kier molecular flexibility index (Phi) is 26.7. The van der Waals surface area contributed by atoms with Crippen LogP contribution in [0.1, 0.15) is 79.1 Å². The van der Waals surface area contributed by atoms with Crippen LogP contribution in [0.15, 0.2) is 85.1 Å². The van der Waals surface area contributed by atoms with Gasteiger partial charge >= 0.3 is 5.97 Å². The molecule has 76 heavy (non-hydrogen) atoms. The second-order valence-electron chi connectivity index (χ2n) is 20.5. The number of nitrogens with one attached hydrogen (secondary N) is 1. The van der Waals surface area contributed by atoms with Crippen LogP contribution in [0.25, 0.3) is 0 Å². The summed E-state index contributed by atoms with van der Waals surface area (Å²) in [6, 6.07) is -2.93. The number of aliphatic hydroxyl groups is 14. The summed E-state index contributed by atoms with van der Waals surface area (Å²) in [6.07, 6.45) is -5.57. The van der Waals surface area contributed by atoms with Gasteiger partial charge in [0.2, 0.25) is 5.91 Å². The van der Waals surface area contributed by atoms with Crippen LogP contribution in [0.5, 0.6) is 0 Å². The fourth-order valence-corrected chi connectivity index (χ4v) is 9.50. The molecular formula is C53H84N2O21. The molecule has 0 aromatic carbocycles. The number of carbonyl (C=O) groups excluding carboxylic acids is 2. The molecule has 4 unspecified atom stereocenters. The highest BCUT2D eigenvalue weighted by atomic mass is 16.7. The summed E-state index contributed by atoms with van der Waals surface area (Å²) < 4.78 is 28.8. The third kappa shape index (κ3) is 19.6. The second-order valence-corrected chi connectivity index (χ2v) is 20.5. The zero-order valence-corrected chi connectivity index (χ0v) is 43.4. The summed E-state index contributed by atoms with van der Waals surface area (Å²) in [5, 5.41) is 154. The lowest BCUT2D eigenvalue weighted by atomic mass is 9.81. The molecule has 4 aliphatic heterocycles. The molecule has 0 radical (unpaired) electrons. The topological polar surface area (TPSA) is 402 Å². The van der Waals surface area contributed by atoms with E-state index in [1.165, 1.54) is 13.0 Å². The lowest BCUT2D eigenvalue weighted by Crippen LogP contribution is -2.66. The van der Waals surface area contributed by atoms with E-state index in [0.29, 0.717) is 0 Å². The first-order valence-corrected chi connectivity index (χ1v) is 25.9. The summed E-state index contributed by atoms with van der Waals surface area (Å²) in [4.78, 5) is 26.9. The number of hydrogen-bond acceptors (Lipinski definition) is 22. The highest BCUT2D eigenvalue weighted by molar-refractivity contribution is 5.80. The smallest absolute Gasteiger partial charge is 0.308 e. The average molecular weight is 1090 g/mol. The molecular weight excluding hydrogens is 1000 g/mol. The molecule has 24 atom stereocenters. The van der Waals surface area contributed by atoms with Gasteiger partial charge in [-0.1, -0.05) is 98.9 Å². The number of rotatable bonds is 5. The van der Waals surface area contributed by atoms with E-state index in [1.807, 2.05) is 6.92 Å². The number of nitrogens with two attached hydrogens (primary N) is 1. The molecule has 0 spiro atoms. The maximum absolute atomic E-state index is 14.2. The van der Waals surface area contributed by atoms with Gasteiger partial charge in [0.1, 0.15) is 36.6 Å². The van der Waals surface area contributed by atoms with Crippen molar-refractivity contribution in [3.05, 3.63) is 85.1 Å². The average Bonchev–Trinajstić information content (AvgIpc) is 3.34. The van der Waals surface area contributed by atoms with Gasteiger partial charge in [-0.2, -0.15) is 0 Å². The van der Waals surface area contributed by atoms with E-state index >= 15 is 0 Å². The van der Waals surface area contributed by atoms with E-state index in [-0.39, 0.29) is 25.2 Å². The van der Waals surface area contributed by atoms with Gasteiger partial charge in [0.15, 0.2) is 18.4 Å². The van der Waals surface area contributed by atoms with Gasteiger partial charge < -0.3 is 106 Å². The van der Waals surface area contributed by atoms with Crippen molar-refractivity contribution in [3.8, 4) is 0 Å². The maximum atomic E-state index is 14.2. The minimum atomic E-state index is -2.46. The summed E-state index contributed by atoms with van der Waals surface area (Å²) >= 11 is 0. The van der Waals surface area contributed by atoms with Crippen LogP contribution < -0.4 is 11.1 Å². The standard InChI is InChI=1S/C53H84N2O21/c1-28-17-15-13-11-9-7-5-6-8-10-12-14-16-18-35(74-52-48(67)43(54)46(65)31(4)73-52)24-39-42(50(69)55-44-49(68)47(66)40(27-56)75-51(44)70)38(62)26-53(71,76-39)25-34(59)22-37(61)36(60)20-19-32(57)21-33(58)23-41(63)72-30(3)29(2)45(28)64/h5-18,28-40,42-49,51-52,56-62,64-68,70-71H,19-27,54H2,1-4H3,(H,55,69)/b6-5+,9-7+,10-8+,13-11+,14-12+,17-15-,18-16+/t28-,29?,30-,31+,32+,33+,34-,35-,36-,37+,38-,39?,40+,42?,43-,44+,45+,46+,47+,48-,49+,51?,52-,53+/m0/s1. The van der Waals surface area contributed by atoms with Crippen molar-refractivity contribution in [2.75, 3.05) is 6.61 Å². The van der Waals surface area contributed by atoms with Crippen LogP contribution in [0.2, 0.25) is 0 Å². The van der Waals surface area contributed by atoms with Crippen LogP contribution >= 0.6 is 0 Å². The molecule has 4 heterocycles. The number of aliphatic hydroxyl groups excluding tert-OH is 13. The van der Waals surface area contributed by atoms with E-state index in [2.05, 4.69) is 5.32 Å². The van der Waals surface area contributed by atoms with Gasteiger partial charge in [-0.15, -0.1) is 0 Å². The van der Waals surface area contributed by atoms with Crippen molar-refractivity contribution in [3.63, 3.8) is 0 Å². The number of esters is 1. The van der Waals surface area contributed by atoms with E-state index in [4.69, 9.17) is 29.4 Å². The SMILES string of the molecule is CC1[C@H](C)OC(=O)C[C@H](O)C[C@H](O)CC[C@H](O)[C@H](O)C[C@H](O)C[C@]2(O)C[C@H](O)C(C(=O)N[C@H]3C(O)O[C@H](CO)[C@@H](O)[C@@H]3O)C(C[C@@H](O[C@@H]3O[C@H](C)[C@@H](O)[C@H](N)[C@@H]3O)/C=C/C=C/C=C/C=C/C=C/C=C/C=C\[C@H](C)[C@H]1O)O2. The first-order valence-electron chi connectivity index (χ1n) is 25.9. The quantitative estimate of drug-likeness (QED) is 0.127. The fourth-order valence-electron chi connectivity index (χ4n) is 9.50. The van der Waals surface area contributed by atoms with Crippen LogP contribution in [0, 0.1) is 17.8 Å². The molecule has 23 nitrogen and oxygen atoms in total. The molecule has 1 amide bonds. The van der Waals surface area contributed by atoms with Crippen molar-refractivity contribution in [2.45, 2.75) is 207 Å². The summed E-state index contributed by atoms with van der Waals surface area (Å²) in [7, 11) is 0. The minimum Gasteiger partial charge on any atom is -0.462 e. The molecule has 0 aromatic heterocycles. The highest BCUT2D eigenvalue weighted by Gasteiger charge is 2.53. The number of carbonyl (C=O) groups is 2. The van der Waals surface area contributed by atoms with Crippen LogP contribution in [0.3, 0.4) is 0 Å². The first-order chi connectivity index (χ1) is 35.9. The Hall–Kier alpha value is -3.64. The predicted molar refractivity (Wildman–Crippen MR) is 271 cm³/mol. The Labute approximate surface area is 443 Å². The Balaban J connectivity index is 1.65. The molecule has 23 heteroatoms. The zero-order chi connectivity index (χ0) is 56.4. The first kappa shape index (κ1) is 64.9. The highest BCUT2D eigenvalue weighted by Crippen LogP contribution is 2.39. The minimum absolute atomic E-state index is 0.154. The van der Waals surface area contributed by atoms with Crippen molar-refractivity contribution in [1.82, 2.24) is 5.32 Å². The monoisotopic (exact) mass is 1080 g/mol. The van der Waals surface area contributed by atoms with Crippen molar-refractivity contribution in [2.24, 2.45) is 23.5 Å². The Morgan fingerprint density at radius 3 is 1.86 bits per heavy atom. The lowest BCUT2D eigenvalue weighted by Gasteiger charge is -2.47. The summed E-state index contributed by atoms with van der Waals surface area (Å²) in [5.41, 5.74) is 6.10. The van der Waals surface area contributed by atoms with Gasteiger partial charge in [0, 0.05) is 37.5 Å². The molecule has 3 saturated heterocycles. The largest absolute Gasteiger partial charge is 0.462 e. The second kappa shape index (κ2) is 31.2. The van der Waals surface area contributed by atoms with Gasteiger partial charge in [-0.3, -0.25) is 9.59 Å².